The highest BCUT2D eigenvalue weighted by Gasteiger charge is 2.82. The molecule has 156 valence electrons. The van der Waals surface area contributed by atoms with Crippen LogP contribution in [-0.2, 0) is 19.0 Å². The van der Waals surface area contributed by atoms with Crippen LogP contribution < -0.4 is 0 Å². The Hall–Kier alpha value is -1.26. The Morgan fingerprint density at radius 1 is 1.26 bits per heavy atom. The quantitative estimate of drug-likeness (QED) is 0.443. The van der Waals surface area contributed by atoms with Crippen LogP contribution in [0.25, 0.3) is 0 Å². The van der Waals surface area contributed by atoms with Crippen LogP contribution in [0.4, 0.5) is 22.0 Å². The first kappa shape index (κ1) is 22.0. The van der Waals surface area contributed by atoms with E-state index in [1.165, 1.54) is 13.8 Å². The standard InChI is InChI=1S/C17H23F5O5/c1-10(2)12(23)26-11-7-5-6-8-13(11,3)27-14(4)9-25-16(24,15(14,18)19)17(20,21)22/h11,24H,1,5-9H2,2-4H3. The average molecular weight is 402 g/mol. The fourth-order valence-electron chi connectivity index (χ4n) is 3.45. The molecule has 4 atom stereocenters. The van der Waals surface area contributed by atoms with E-state index in [0.29, 0.717) is 19.3 Å². The summed E-state index contributed by atoms with van der Waals surface area (Å²) >= 11 is 0. The zero-order chi connectivity index (χ0) is 20.9. The SMILES string of the molecule is C=C(C)C(=O)OC1CCCCC1(C)OC1(C)COC(O)(C(F)(F)F)C1(F)F. The number of alkyl halides is 5. The Kier molecular flexibility index (Phi) is 5.44. The van der Waals surface area contributed by atoms with Gasteiger partial charge >= 0.3 is 23.9 Å². The van der Waals surface area contributed by atoms with Crippen molar-refractivity contribution in [3.8, 4) is 0 Å². The van der Waals surface area contributed by atoms with Crippen molar-refractivity contribution in [2.75, 3.05) is 6.61 Å². The van der Waals surface area contributed by atoms with E-state index < -0.39 is 47.8 Å². The molecular formula is C17H23F5O5. The molecule has 0 aromatic carbocycles. The van der Waals surface area contributed by atoms with Gasteiger partial charge in [0, 0.05) is 5.57 Å². The maximum Gasteiger partial charge on any atom is 0.449 e. The molecule has 2 rings (SSSR count). The summed E-state index contributed by atoms with van der Waals surface area (Å²) in [5.41, 5.74) is -4.17. The average Bonchev–Trinajstić information content (AvgIpc) is 2.70. The number of carbonyl (C=O) groups is 1. The minimum absolute atomic E-state index is 0.0927. The van der Waals surface area contributed by atoms with Gasteiger partial charge in [-0.05, 0) is 40.0 Å². The predicted molar refractivity (Wildman–Crippen MR) is 83.0 cm³/mol. The molecule has 0 amide bonds. The highest BCUT2D eigenvalue weighted by Crippen LogP contribution is 2.56. The number of halogens is 5. The molecule has 0 aromatic rings. The van der Waals surface area contributed by atoms with E-state index in [1.807, 2.05) is 0 Å². The third kappa shape index (κ3) is 3.47. The number of hydrogen-bond acceptors (Lipinski definition) is 5. The van der Waals surface area contributed by atoms with Crippen molar-refractivity contribution < 1.29 is 46.1 Å². The van der Waals surface area contributed by atoms with Crippen LogP contribution in [0.15, 0.2) is 12.2 Å². The molecule has 1 aliphatic carbocycles. The fourth-order valence-corrected chi connectivity index (χ4v) is 3.45. The van der Waals surface area contributed by atoms with E-state index in [2.05, 4.69) is 11.3 Å². The van der Waals surface area contributed by atoms with Crippen molar-refractivity contribution in [3.05, 3.63) is 12.2 Å². The molecule has 2 aliphatic rings. The van der Waals surface area contributed by atoms with Gasteiger partial charge in [0.25, 0.3) is 0 Å². The van der Waals surface area contributed by atoms with E-state index in [0.717, 1.165) is 6.92 Å². The topological polar surface area (TPSA) is 65.0 Å². The summed E-state index contributed by atoms with van der Waals surface area (Å²) in [6.07, 6.45) is -5.04. The second-order valence-corrected chi connectivity index (χ2v) is 7.57. The fraction of sp³-hybridized carbons (Fsp3) is 0.824. The van der Waals surface area contributed by atoms with Gasteiger partial charge in [0.05, 0.1) is 6.61 Å². The highest BCUT2D eigenvalue weighted by atomic mass is 19.4. The Labute approximate surface area is 153 Å². The number of carbonyl (C=O) groups excluding carboxylic acids is 1. The second-order valence-electron chi connectivity index (χ2n) is 7.57. The summed E-state index contributed by atoms with van der Waals surface area (Å²) in [5, 5.41) is 9.51. The number of aliphatic hydroxyl groups is 1. The van der Waals surface area contributed by atoms with Gasteiger partial charge in [-0.25, -0.2) is 4.79 Å². The monoisotopic (exact) mass is 402 g/mol. The van der Waals surface area contributed by atoms with Crippen molar-refractivity contribution >= 4 is 5.97 Å². The zero-order valence-electron chi connectivity index (χ0n) is 15.3. The lowest BCUT2D eigenvalue weighted by atomic mass is 9.81. The lowest BCUT2D eigenvalue weighted by molar-refractivity contribution is -0.413. The van der Waals surface area contributed by atoms with Crippen LogP contribution in [0, 0.1) is 0 Å². The van der Waals surface area contributed by atoms with E-state index in [9.17, 15) is 31.9 Å². The largest absolute Gasteiger partial charge is 0.456 e. The van der Waals surface area contributed by atoms with Crippen molar-refractivity contribution in [2.24, 2.45) is 0 Å². The maximum absolute atomic E-state index is 14.6. The lowest BCUT2D eigenvalue weighted by Crippen LogP contribution is -2.65. The molecule has 1 N–H and O–H groups in total. The van der Waals surface area contributed by atoms with Crippen molar-refractivity contribution in [1.29, 1.82) is 0 Å². The summed E-state index contributed by atoms with van der Waals surface area (Å²) in [7, 11) is 0. The van der Waals surface area contributed by atoms with Crippen LogP contribution in [0.3, 0.4) is 0 Å². The third-order valence-corrected chi connectivity index (χ3v) is 5.16. The Bertz CT molecular complexity index is 621. The minimum Gasteiger partial charge on any atom is -0.456 e. The van der Waals surface area contributed by atoms with Crippen molar-refractivity contribution in [2.45, 2.75) is 81.6 Å². The first-order chi connectivity index (χ1) is 12.1. The minimum atomic E-state index is -5.73. The third-order valence-electron chi connectivity index (χ3n) is 5.16. The summed E-state index contributed by atoms with van der Waals surface area (Å²) in [6, 6.07) is 0. The molecule has 2 fully saturated rings. The summed E-state index contributed by atoms with van der Waals surface area (Å²) in [4.78, 5) is 11.8. The van der Waals surface area contributed by atoms with Gasteiger partial charge in [-0.15, -0.1) is 0 Å². The van der Waals surface area contributed by atoms with Gasteiger partial charge < -0.3 is 19.3 Å². The molecule has 5 nitrogen and oxygen atoms in total. The van der Waals surface area contributed by atoms with Gasteiger partial charge in [-0.1, -0.05) is 13.0 Å². The van der Waals surface area contributed by atoms with Gasteiger partial charge in [0.1, 0.15) is 11.7 Å². The molecular weight excluding hydrogens is 379 g/mol. The van der Waals surface area contributed by atoms with Gasteiger partial charge in [0.15, 0.2) is 5.60 Å². The zero-order valence-corrected chi connectivity index (χ0v) is 15.3. The number of esters is 1. The molecule has 0 spiro atoms. The van der Waals surface area contributed by atoms with Crippen LogP contribution >= 0.6 is 0 Å². The predicted octanol–water partition coefficient (Wildman–Crippen LogP) is 3.50. The first-order valence-electron chi connectivity index (χ1n) is 8.47. The molecule has 1 aliphatic heterocycles. The normalized spacial score (nSPS) is 39.2. The van der Waals surface area contributed by atoms with E-state index in [1.54, 1.807) is 0 Å². The summed E-state index contributed by atoms with van der Waals surface area (Å²) < 4.78 is 83.2. The molecule has 27 heavy (non-hydrogen) atoms. The van der Waals surface area contributed by atoms with Gasteiger partial charge in [-0.3, -0.25) is 0 Å². The molecule has 0 radical (unpaired) electrons. The van der Waals surface area contributed by atoms with Gasteiger partial charge in [-0.2, -0.15) is 22.0 Å². The van der Waals surface area contributed by atoms with Gasteiger partial charge in [0.2, 0.25) is 0 Å². The molecule has 1 saturated heterocycles. The molecule has 0 aromatic heterocycles. The molecule has 4 unspecified atom stereocenters. The Balaban J connectivity index is 2.32. The Morgan fingerprint density at radius 2 is 1.85 bits per heavy atom. The number of rotatable bonds is 4. The number of hydrogen-bond donors (Lipinski definition) is 1. The molecule has 1 saturated carbocycles. The molecule has 10 heteroatoms. The maximum atomic E-state index is 14.6. The van der Waals surface area contributed by atoms with Crippen molar-refractivity contribution in [3.63, 3.8) is 0 Å². The summed E-state index contributed by atoms with van der Waals surface area (Å²) in [6.45, 7) is 5.80. The molecule has 1 heterocycles. The van der Waals surface area contributed by atoms with Crippen LogP contribution in [-0.4, -0.2) is 52.9 Å². The Morgan fingerprint density at radius 3 is 2.33 bits per heavy atom. The van der Waals surface area contributed by atoms with Crippen LogP contribution in [0.2, 0.25) is 0 Å². The molecule has 0 bridgehead atoms. The lowest BCUT2D eigenvalue weighted by Gasteiger charge is -2.46. The van der Waals surface area contributed by atoms with E-state index in [-0.39, 0.29) is 12.0 Å². The number of ether oxygens (including phenoxy) is 3. The smallest absolute Gasteiger partial charge is 0.449 e. The van der Waals surface area contributed by atoms with Crippen LogP contribution in [0.5, 0.6) is 0 Å². The van der Waals surface area contributed by atoms with E-state index >= 15 is 0 Å². The summed E-state index contributed by atoms with van der Waals surface area (Å²) in [5.74, 6) is -10.2. The first-order valence-corrected chi connectivity index (χ1v) is 8.47. The van der Waals surface area contributed by atoms with Crippen LogP contribution in [0.1, 0.15) is 46.5 Å². The second kappa shape index (κ2) is 6.66. The highest BCUT2D eigenvalue weighted by molar-refractivity contribution is 5.87. The van der Waals surface area contributed by atoms with Crippen molar-refractivity contribution in [1.82, 2.24) is 0 Å². The van der Waals surface area contributed by atoms with E-state index in [4.69, 9.17) is 9.47 Å².